The van der Waals surface area contributed by atoms with Crippen LogP contribution in [0.15, 0.2) is 66.9 Å². The number of nitrogens with one attached hydrogen (secondary N) is 2. The highest BCUT2D eigenvalue weighted by molar-refractivity contribution is 6.01. The van der Waals surface area contributed by atoms with Crippen molar-refractivity contribution in [3.05, 3.63) is 78.1 Å². The highest BCUT2D eigenvalue weighted by Gasteiger charge is 2.19. The molecule has 2 aromatic heterocycles. The first kappa shape index (κ1) is 21.6. The van der Waals surface area contributed by atoms with Gasteiger partial charge in [0.15, 0.2) is 0 Å². The molecule has 34 heavy (non-hydrogen) atoms. The molecule has 4 aromatic rings. The first-order chi connectivity index (χ1) is 16.7. The molecule has 0 radical (unpaired) electrons. The minimum atomic E-state index is -0.163. The quantitative estimate of drug-likeness (QED) is 0.415. The third-order valence-electron chi connectivity index (χ3n) is 6.04. The van der Waals surface area contributed by atoms with Gasteiger partial charge in [0.25, 0.3) is 5.91 Å². The summed E-state index contributed by atoms with van der Waals surface area (Å²) in [6.45, 7) is 1.82. The van der Waals surface area contributed by atoms with Gasteiger partial charge >= 0.3 is 0 Å². The average molecular weight is 456 g/mol. The van der Waals surface area contributed by atoms with Crippen LogP contribution in [-0.4, -0.2) is 51.6 Å². The van der Waals surface area contributed by atoms with E-state index in [1.807, 2.05) is 54.6 Å². The Hall–Kier alpha value is -4.20. The number of likely N-dealkylation sites (tertiary alicyclic amines) is 1. The molecule has 2 amide bonds. The summed E-state index contributed by atoms with van der Waals surface area (Å²) in [5.74, 6) is 0.631. The van der Waals surface area contributed by atoms with Gasteiger partial charge in [-0.3, -0.25) is 19.7 Å². The standard InChI is InChI=1S/C26H25N5O3/c32-17-31-13-10-22(11-14-31)34-21-7-4-18(5-8-21)25-23-15-19(6-9-24(23)29-30-25)26(33)28-16-20-3-1-2-12-27-20/h1-9,12,15,17,22H,10-11,13-14,16H2,(H,28,33)(H,29,30). The Bertz CT molecular complexity index is 1280. The number of aromatic amines is 1. The van der Waals surface area contributed by atoms with Crippen molar-refractivity contribution < 1.29 is 14.3 Å². The number of nitrogens with zero attached hydrogens (tertiary/aromatic N) is 3. The van der Waals surface area contributed by atoms with Gasteiger partial charge in [0.1, 0.15) is 11.9 Å². The van der Waals surface area contributed by atoms with Crippen molar-refractivity contribution in [1.82, 2.24) is 25.4 Å². The van der Waals surface area contributed by atoms with E-state index in [-0.39, 0.29) is 12.0 Å². The summed E-state index contributed by atoms with van der Waals surface area (Å²) < 4.78 is 6.09. The zero-order valence-electron chi connectivity index (χ0n) is 18.6. The summed E-state index contributed by atoms with van der Waals surface area (Å²) in [5, 5.41) is 11.3. The van der Waals surface area contributed by atoms with Crippen LogP contribution in [0.4, 0.5) is 0 Å². The van der Waals surface area contributed by atoms with Crippen molar-refractivity contribution in [3.63, 3.8) is 0 Å². The third kappa shape index (κ3) is 4.76. The number of carbonyl (C=O) groups excluding carboxylic acids is 2. The molecule has 2 N–H and O–H groups in total. The van der Waals surface area contributed by atoms with Crippen LogP contribution < -0.4 is 10.1 Å². The summed E-state index contributed by atoms with van der Waals surface area (Å²) >= 11 is 0. The Kier molecular flexibility index (Phi) is 6.20. The fraction of sp³-hybridized carbons (Fsp3) is 0.231. The number of ether oxygens (including phenoxy) is 1. The van der Waals surface area contributed by atoms with E-state index in [4.69, 9.17) is 4.74 Å². The third-order valence-corrected chi connectivity index (χ3v) is 6.04. The highest BCUT2D eigenvalue weighted by Crippen LogP contribution is 2.29. The van der Waals surface area contributed by atoms with Gasteiger partial charge in [0, 0.05) is 48.6 Å². The van der Waals surface area contributed by atoms with Crippen molar-refractivity contribution in [2.24, 2.45) is 0 Å². The largest absolute Gasteiger partial charge is 0.490 e. The van der Waals surface area contributed by atoms with Crippen LogP contribution in [0.5, 0.6) is 5.75 Å². The summed E-state index contributed by atoms with van der Waals surface area (Å²) in [4.78, 5) is 29.6. The van der Waals surface area contributed by atoms with Crippen LogP contribution in [0.1, 0.15) is 28.9 Å². The predicted octanol–water partition coefficient (Wildman–Crippen LogP) is 3.55. The molecule has 8 nitrogen and oxygen atoms in total. The monoisotopic (exact) mass is 455 g/mol. The zero-order valence-corrected chi connectivity index (χ0v) is 18.6. The van der Waals surface area contributed by atoms with E-state index in [1.165, 1.54) is 0 Å². The lowest BCUT2D eigenvalue weighted by atomic mass is 10.0. The van der Waals surface area contributed by atoms with Crippen LogP contribution in [0.3, 0.4) is 0 Å². The number of aromatic nitrogens is 3. The Morgan fingerprint density at radius 1 is 1.12 bits per heavy atom. The normalized spacial score (nSPS) is 14.2. The minimum Gasteiger partial charge on any atom is -0.490 e. The van der Waals surface area contributed by atoms with Crippen LogP contribution in [-0.2, 0) is 11.3 Å². The number of fused-ring (bicyclic) bond motifs is 1. The van der Waals surface area contributed by atoms with Crippen LogP contribution in [0, 0.1) is 0 Å². The van der Waals surface area contributed by atoms with E-state index in [1.54, 1.807) is 17.2 Å². The van der Waals surface area contributed by atoms with E-state index >= 15 is 0 Å². The molecular formula is C26H25N5O3. The molecule has 8 heteroatoms. The number of H-pyrrole nitrogens is 1. The van der Waals surface area contributed by atoms with Gasteiger partial charge in [-0.1, -0.05) is 6.07 Å². The molecule has 0 saturated carbocycles. The molecule has 1 aliphatic rings. The number of pyridine rings is 1. The first-order valence-corrected chi connectivity index (χ1v) is 11.3. The van der Waals surface area contributed by atoms with Gasteiger partial charge < -0.3 is 15.0 Å². The number of piperidine rings is 1. The number of amides is 2. The molecule has 0 unspecified atom stereocenters. The van der Waals surface area contributed by atoms with E-state index in [0.717, 1.165) is 65.9 Å². The molecule has 3 heterocycles. The van der Waals surface area contributed by atoms with Gasteiger partial charge in [0.05, 0.1) is 23.4 Å². The van der Waals surface area contributed by atoms with Gasteiger partial charge in [-0.25, -0.2) is 0 Å². The summed E-state index contributed by atoms with van der Waals surface area (Å²) in [6.07, 6.45) is 4.37. The fourth-order valence-electron chi connectivity index (χ4n) is 4.13. The Labute approximate surface area is 197 Å². The summed E-state index contributed by atoms with van der Waals surface area (Å²) in [6, 6.07) is 18.9. The molecule has 1 fully saturated rings. The SMILES string of the molecule is O=CN1CCC(Oc2ccc(-c3n[nH]c4ccc(C(=O)NCc5ccccn5)cc34)cc2)CC1. The Morgan fingerprint density at radius 3 is 2.68 bits per heavy atom. The molecule has 172 valence electrons. The van der Waals surface area contributed by atoms with Crippen molar-refractivity contribution in [3.8, 4) is 17.0 Å². The molecule has 0 aliphatic carbocycles. The van der Waals surface area contributed by atoms with Gasteiger partial charge in [-0.05, 0) is 54.6 Å². The molecule has 5 rings (SSSR count). The molecule has 1 saturated heterocycles. The topological polar surface area (TPSA) is 100 Å². The first-order valence-electron chi connectivity index (χ1n) is 11.3. The molecule has 0 bridgehead atoms. The van der Waals surface area contributed by atoms with E-state index in [9.17, 15) is 9.59 Å². The molecular weight excluding hydrogens is 430 g/mol. The lowest BCUT2D eigenvalue weighted by Crippen LogP contribution is -2.37. The zero-order chi connectivity index (χ0) is 23.3. The van der Waals surface area contributed by atoms with Gasteiger partial charge in [-0.15, -0.1) is 0 Å². The number of hydrogen-bond acceptors (Lipinski definition) is 5. The maximum atomic E-state index is 12.7. The second-order valence-electron chi connectivity index (χ2n) is 8.32. The number of hydrogen-bond donors (Lipinski definition) is 2. The second kappa shape index (κ2) is 9.74. The maximum absolute atomic E-state index is 12.7. The molecule has 1 aliphatic heterocycles. The number of rotatable bonds is 7. The summed E-state index contributed by atoms with van der Waals surface area (Å²) in [5.41, 5.74) is 3.93. The van der Waals surface area contributed by atoms with E-state index in [2.05, 4.69) is 20.5 Å². The van der Waals surface area contributed by atoms with Crippen molar-refractivity contribution >= 4 is 23.2 Å². The number of carbonyl (C=O) groups is 2. The average Bonchev–Trinajstić information content (AvgIpc) is 3.32. The fourth-order valence-corrected chi connectivity index (χ4v) is 4.13. The van der Waals surface area contributed by atoms with Crippen molar-refractivity contribution in [1.29, 1.82) is 0 Å². The van der Waals surface area contributed by atoms with Gasteiger partial charge in [0.2, 0.25) is 6.41 Å². The minimum absolute atomic E-state index is 0.112. The van der Waals surface area contributed by atoms with Gasteiger partial charge in [-0.2, -0.15) is 5.10 Å². The maximum Gasteiger partial charge on any atom is 0.251 e. The second-order valence-corrected chi connectivity index (χ2v) is 8.32. The van der Waals surface area contributed by atoms with E-state index < -0.39 is 0 Å². The summed E-state index contributed by atoms with van der Waals surface area (Å²) in [7, 11) is 0. The van der Waals surface area contributed by atoms with Crippen LogP contribution >= 0.6 is 0 Å². The number of benzene rings is 2. The molecule has 0 spiro atoms. The molecule has 2 aromatic carbocycles. The van der Waals surface area contributed by atoms with Crippen LogP contribution in [0.25, 0.3) is 22.2 Å². The smallest absolute Gasteiger partial charge is 0.251 e. The lowest BCUT2D eigenvalue weighted by Gasteiger charge is -2.29. The molecule has 0 atom stereocenters. The predicted molar refractivity (Wildman–Crippen MR) is 128 cm³/mol. The lowest BCUT2D eigenvalue weighted by molar-refractivity contribution is -0.119. The Balaban J connectivity index is 1.29. The van der Waals surface area contributed by atoms with Crippen LogP contribution in [0.2, 0.25) is 0 Å². The van der Waals surface area contributed by atoms with Crippen molar-refractivity contribution in [2.45, 2.75) is 25.5 Å². The highest BCUT2D eigenvalue weighted by atomic mass is 16.5. The van der Waals surface area contributed by atoms with E-state index in [0.29, 0.717) is 12.1 Å². The Morgan fingerprint density at radius 2 is 1.94 bits per heavy atom. The van der Waals surface area contributed by atoms with Crippen molar-refractivity contribution in [2.75, 3.05) is 13.1 Å².